The van der Waals surface area contributed by atoms with Gasteiger partial charge in [-0.25, -0.2) is 0 Å². The molecule has 3 N–H and O–H groups in total. The molecule has 1 heterocycles. The van der Waals surface area contributed by atoms with Crippen LogP contribution in [-0.4, -0.2) is 41.1 Å². The van der Waals surface area contributed by atoms with Gasteiger partial charge in [0.2, 0.25) is 0 Å². The van der Waals surface area contributed by atoms with Crippen molar-refractivity contribution in [3.05, 3.63) is 71.8 Å². The fraction of sp³-hybridized carbons (Fsp3) is 0.350. The lowest BCUT2D eigenvalue weighted by atomic mass is 9.96. The highest BCUT2D eigenvalue weighted by Crippen LogP contribution is 2.29. The number of benzene rings is 2. The Morgan fingerprint density at radius 2 is 1.65 bits per heavy atom. The van der Waals surface area contributed by atoms with E-state index in [1.54, 1.807) is 0 Å². The summed E-state index contributed by atoms with van der Waals surface area (Å²) in [6.07, 6.45) is -1.13. The van der Waals surface area contributed by atoms with Crippen molar-refractivity contribution in [3.63, 3.8) is 0 Å². The molecule has 0 radical (unpaired) electrons. The first-order valence-electron chi connectivity index (χ1n) is 8.50. The molecule has 1 aliphatic heterocycles. The molecule has 2 aromatic carbocycles. The van der Waals surface area contributed by atoms with Gasteiger partial charge in [-0.15, -0.1) is 0 Å². The predicted octanol–water partition coefficient (Wildman–Crippen LogP) is 2.20. The molecule has 0 aromatic heterocycles. The molecule has 0 aliphatic carbocycles. The standard InChI is InChI=1S/C20H23NO4S/c21-19(26)20(22)14-25-17(13-23-11-15-7-3-1-4-8-15)18(20)24-12-16-9-5-2-6-10-16/h1-10,17-18,22H,11-14H2,(H2,21,26)/t17-,18-,20+/m1/s1. The van der Waals surface area contributed by atoms with Crippen molar-refractivity contribution in [2.75, 3.05) is 13.2 Å². The monoisotopic (exact) mass is 373 g/mol. The summed E-state index contributed by atoms with van der Waals surface area (Å²) in [7, 11) is 0. The highest BCUT2D eigenvalue weighted by atomic mass is 32.1. The molecule has 0 saturated carbocycles. The highest BCUT2D eigenvalue weighted by Gasteiger charge is 2.52. The Morgan fingerprint density at radius 1 is 1.08 bits per heavy atom. The Balaban J connectivity index is 1.62. The number of thiocarbonyl (C=S) groups is 1. The third-order valence-electron chi connectivity index (χ3n) is 4.42. The average molecular weight is 373 g/mol. The van der Waals surface area contributed by atoms with E-state index in [2.05, 4.69) is 0 Å². The SMILES string of the molecule is NC(=S)[C@]1(O)CO[C@H](COCc2ccccc2)[C@H]1OCc1ccccc1. The molecule has 26 heavy (non-hydrogen) atoms. The molecule has 0 amide bonds. The normalized spacial score (nSPS) is 25.3. The Kier molecular flexibility index (Phi) is 6.34. The van der Waals surface area contributed by atoms with Crippen LogP contribution in [0.15, 0.2) is 60.7 Å². The van der Waals surface area contributed by atoms with Gasteiger partial charge in [0.15, 0.2) is 5.60 Å². The van der Waals surface area contributed by atoms with E-state index in [1.807, 2.05) is 60.7 Å². The number of hydrogen-bond donors (Lipinski definition) is 2. The highest BCUT2D eigenvalue weighted by molar-refractivity contribution is 7.80. The second-order valence-electron chi connectivity index (χ2n) is 6.36. The van der Waals surface area contributed by atoms with E-state index >= 15 is 0 Å². The van der Waals surface area contributed by atoms with Crippen LogP contribution in [0.1, 0.15) is 11.1 Å². The van der Waals surface area contributed by atoms with Crippen LogP contribution < -0.4 is 5.73 Å². The van der Waals surface area contributed by atoms with Crippen molar-refractivity contribution < 1.29 is 19.3 Å². The average Bonchev–Trinajstić information content (AvgIpc) is 2.99. The summed E-state index contributed by atoms with van der Waals surface area (Å²) in [5.74, 6) is 0. The van der Waals surface area contributed by atoms with Crippen molar-refractivity contribution >= 4 is 17.2 Å². The smallest absolute Gasteiger partial charge is 0.166 e. The second kappa shape index (κ2) is 8.70. The summed E-state index contributed by atoms with van der Waals surface area (Å²) in [6.45, 7) is 1.06. The Hall–Kier alpha value is -1.83. The molecule has 1 saturated heterocycles. The summed E-state index contributed by atoms with van der Waals surface area (Å²) in [4.78, 5) is -0.0267. The Labute approximate surface area is 158 Å². The van der Waals surface area contributed by atoms with Crippen LogP contribution in [0.2, 0.25) is 0 Å². The van der Waals surface area contributed by atoms with Crippen LogP contribution in [0.4, 0.5) is 0 Å². The number of aliphatic hydroxyl groups is 1. The van der Waals surface area contributed by atoms with Gasteiger partial charge in [-0.2, -0.15) is 0 Å². The summed E-state index contributed by atoms with van der Waals surface area (Å²) in [5, 5.41) is 10.8. The van der Waals surface area contributed by atoms with Gasteiger partial charge in [0.05, 0.1) is 26.4 Å². The lowest BCUT2D eigenvalue weighted by Gasteiger charge is -2.29. The zero-order valence-corrected chi connectivity index (χ0v) is 15.2. The zero-order valence-electron chi connectivity index (χ0n) is 14.4. The van der Waals surface area contributed by atoms with Gasteiger partial charge in [-0.3, -0.25) is 0 Å². The van der Waals surface area contributed by atoms with Crippen molar-refractivity contribution in [1.82, 2.24) is 0 Å². The van der Waals surface area contributed by atoms with Crippen LogP contribution in [0.5, 0.6) is 0 Å². The molecule has 138 valence electrons. The van der Waals surface area contributed by atoms with Gasteiger partial charge < -0.3 is 25.1 Å². The first kappa shape index (κ1) is 18.9. The largest absolute Gasteiger partial charge is 0.391 e. The third kappa shape index (κ3) is 4.47. The van der Waals surface area contributed by atoms with Crippen LogP contribution in [0.3, 0.4) is 0 Å². The molecule has 3 rings (SSSR count). The molecule has 1 aliphatic rings. The van der Waals surface area contributed by atoms with Gasteiger partial charge in [0, 0.05) is 0 Å². The van der Waals surface area contributed by atoms with E-state index in [0.29, 0.717) is 13.2 Å². The summed E-state index contributed by atoms with van der Waals surface area (Å²) in [6, 6.07) is 19.6. The maximum Gasteiger partial charge on any atom is 0.166 e. The number of hydrogen-bond acceptors (Lipinski definition) is 5. The molecule has 0 spiro atoms. The summed E-state index contributed by atoms with van der Waals surface area (Å²) >= 11 is 5.05. The van der Waals surface area contributed by atoms with Crippen molar-refractivity contribution in [2.45, 2.75) is 31.0 Å². The minimum absolute atomic E-state index is 0.00114. The van der Waals surface area contributed by atoms with E-state index in [9.17, 15) is 5.11 Å². The van der Waals surface area contributed by atoms with Crippen molar-refractivity contribution in [2.24, 2.45) is 5.73 Å². The third-order valence-corrected chi connectivity index (χ3v) is 4.77. The van der Waals surface area contributed by atoms with Crippen molar-refractivity contribution in [1.29, 1.82) is 0 Å². The van der Waals surface area contributed by atoms with E-state index in [-0.39, 0.29) is 18.2 Å². The topological polar surface area (TPSA) is 73.9 Å². The minimum atomic E-state index is -1.50. The molecular weight excluding hydrogens is 350 g/mol. The van der Waals surface area contributed by atoms with Crippen molar-refractivity contribution in [3.8, 4) is 0 Å². The van der Waals surface area contributed by atoms with E-state index in [0.717, 1.165) is 11.1 Å². The van der Waals surface area contributed by atoms with Gasteiger partial charge in [-0.05, 0) is 11.1 Å². The second-order valence-corrected chi connectivity index (χ2v) is 6.80. The number of ether oxygens (including phenoxy) is 3. The fourth-order valence-corrected chi connectivity index (χ4v) is 3.11. The first-order valence-corrected chi connectivity index (χ1v) is 8.91. The first-order chi connectivity index (χ1) is 12.6. The quantitative estimate of drug-likeness (QED) is 0.691. The van der Waals surface area contributed by atoms with Crippen LogP contribution in [0.25, 0.3) is 0 Å². The maximum atomic E-state index is 10.8. The molecule has 6 heteroatoms. The maximum absolute atomic E-state index is 10.8. The minimum Gasteiger partial charge on any atom is -0.391 e. The molecule has 3 atom stereocenters. The Bertz CT molecular complexity index is 712. The number of rotatable bonds is 8. The van der Waals surface area contributed by atoms with Crippen LogP contribution >= 0.6 is 12.2 Å². The Morgan fingerprint density at radius 3 is 2.23 bits per heavy atom. The van der Waals surface area contributed by atoms with Crippen LogP contribution in [0, 0.1) is 0 Å². The zero-order chi connectivity index (χ0) is 18.4. The lowest BCUT2D eigenvalue weighted by Crippen LogP contribution is -2.54. The fourth-order valence-electron chi connectivity index (χ4n) is 2.93. The molecule has 2 aromatic rings. The van der Waals surface area contributed by atoms with Gasteiger partial charge in [0.25, 0.3) is 0 Å². The molecular formula is C20H23NO4S. The molecule has 0 bridgehead atoms. The molecule has 5 nitrogen and oxygen atoms in total. The lowest BCUT2D eigenvalue weighted by molar-refractivity contribution is -0.0855. The summed E-state index contributed by atoms with van der Waals surface area (Å²) in [5.41, 5.74) is 6.32. The van der Waals surface area contributed by atoms with E-state index in [1.165, 1.54) is 0 Å². The van der Waals surface area contributed by atoms with E-state index < -0.39 is 17.8 Å². The van der Waals surface area contributed by atoms with Gasteiger partial charge in [0.1, 0.15) is 17.2 Å². The van der Waals surface area contributed by atoms with E-state index in [4.69, 9.17) is 32.2 Å². The predicted molar refractivity (Wildman–Crippen MR) is 103 cm³/mol. The number of nitrogens with two attached hydrogens (primary N) is 1. The summed E-state index contributed by atoms with van der Waals surface area (Å²) < 4.78 is 17.4. The van der Waals surface area contributed by atoms with Crippen LogP contribution in [-0.2, 0) is 27.4 Å². The van der Waals surface area contributed by atoms with Gasteiger partial charge >= 0.3 is 0 Å². The van der Waals surface area contributed by atoms with Gasteiger partial charge in [-0.1, -0.05) is 72.9 Å². The molecule has 1 fully saturated rings. The molecule has 0 unspecified atom stereocenters.